The standard InChI is InChI=1S/C20H24N2O6/c1-4-21-17(23)9-7-15(20(26)27-5-2)22-18(24)14-11-13-10-12(3)6-8-16(13)28-19(14)25/h6,8,10-11,15H,4-5,7,9H2,1-3H3,(H,21,23)(H,22,24)/t15-/m0/s1. The molecule has 0 saturated heterocycles. The number of nitrogens with one attached hydrogen (secondary N) is 2. The van der Waals surface area contributed by atoms with Crippen molar-refractivity contribution in [2.24, 2.45) is 0 Å². The van der Waals surface area contributed by atoms with Gasteiger partial charge >= 0.3 is 11.6 Å². The molecule has 28 heavy (non-hydrogen) atoms. The third kappa shape index (κ3) is 5.42. The molecule has 0 spiro atoms. The molecule has 2 amide bonds. The van der Waals surface area contributed by atoms with Gasteiger partial charge in [0.2, 0.25) is 5.91 Å². The quantitative estimate of drug-likeness (QED) is 0.525. The minimum atomic E-state index is -1.05. The number of hydrogen-bond acceptors (Lipinski definition) is 6. The molecule has 2 N–H and O–H groups in total. The maximum Gasteiger partial charge on any atom is 0.349 e. The minimum absolute atomic E-state index is 0.0309. The molecule has 8 nitrogen and oxygen atoms in total. The molecule has 2 aromatic rings. The van der Waals surface area contributed by atoms with Gasteiger partial charge in [0.1, 0.15) is 17.2 Å². The van der Waals surface area contributed by atoms with Gasteiger partial charge in [0.15, 0.2) is 0 Å². The third-order valence-corrected chi connectivity index (χ3v) is 4.04. The Labute approximate surface area is 162 Å². The van der Waals surface area contributed by atoms with Gasteiger partial charge in [0.05, 0.1) is 6.61 Å². The summed E-state index contributed by atoms with van der Waals surface area (Å²) >= 11 is 0. The lowest BCUT2D eigenvalue weighted by molar-refractivity contribution is -0.145. The highest BCUT2D eigenvalue weighted by atomic mass is 16.5. The summed E-state index contributed by atoms with van der Waals surface area (Å²) in [4.78, 5) is 48.6. The number of aryl methyl sites for hydroxylation is 1. The van der Waals surface area contributed by atoms with Gasteiger partial charge in [-0.05, 0) is 45.4 Å². The van der Waals surface area contributed by atoms with Crippen molar-refractivity contribution in [3.63, 3.8) is 0 Å². The van der Waals surface area contributed by atoms with Crippen LogP contribution in [-0.2, 0) is 14.3 Å². The first-order valence-electron chi connectivity index (χ1n) is 9.14. The first-order valence-corrected chi connectivity index (χ1v) is 9.14. The van der Waals surface area contributed by atoms with Gasteiger partial charge in [-0.15, -0.1) is 0 Å². The molecule has 8 heteroatoms. The van der Waals surface area contributed by atoms with Crippen LogP contribution in [0.2, 0.25) is 0 Å². The Bertz CT molecular complexity index is 934. The van der Waals surface area contributed by atoms with Crippen molar-refractivity contribution in [1.82, 2.24) is 10.6 Å². The van der Waals surface area contributed by atoms with Gasteiger partial charge in [0.25, 0.3) is 5.91 Å². The number of fused-ring (bicyclic) bond motifs is 1. The predicted molar refractivity (Wildman–Crippen MR) is 103 cm³/mol. The molecule has 2 rings (SSSR count). The molecule has 0 saturated carbocycles. The number of hydrogen-bond donors (Lipinski definition) is 2. The Morgan fingerprint density at radius 2 is 1.93 bits per heavy atom. The molecule has 0 fully saturated rings. The maximum absolute atomic E-state index is 12.6. The zero-order valence-corrected chi connectivity index (χ0v) is 16.2. The normalized spacial score (nSPS) is 11.7. The second kappa shape index (κ2) is 9.68. The fourth-order valence-electron chi connectivity index (χ4n) is 2.69. The monoisotopic (exact) mass is 388 g/mol. The highest BCUT2D eigenvalue weighted by molar-refractivity contribution is 5.98. The summed E-state index contributed by atoms with van der Waals surface area (Å²) in [6, 6.07) is 5.61. The Kier molecular flexibility index (Phi) is 7.31. The molecule has 0 unspecified atom stereocenters. The van der Waals surface area contributed by atoms with Crippen molar-refractivity contribution in [1.29, 1.82) is 0 Å². The predicted octanol–water partition coefficient (Wildman–Crippen LogP) is 1.68. The number of amides is 2. The Morgan fingerprint density at radius 1 is 1.18 bits per heavy atom. The molecule has 1 heterocycles. The lowest BCUT2D eigenvalue weighted by Crippen LogP contribution is -2.43. The zero-order chi connectivity index (χ0) is 20.7. The highest BCUT2D eigenvalue weighted by Gasteiger charge is 2.25. The molecule has 150 valence electrons. The lowest BCUT2D eigenvalue weighted by atomic mass is 10.1. The molecule has 1 aromatic carbocycles. The number of ether oxygens (including phenoxy) is 1. The average Bonchev–Trinajstić information content (AvgIpc) is 2.65. The van der Waals surface area contributed by atoms with Gasteiger partial charge in [-0.1, -0.05) is 11.6 Å². The van der Waals surface area contributed by atoms with E-state index in [4.69, 9.17) is 9.15 Å². The van der Waals surface area contributed by atoms with Crippen molar-refractivity contribution >= 4 is 28.8 Å². The second-order valence-corrected chi connectivity index (χ2v) is 6.26. The van der Waals surface area contributed by atoms with E-state index in [2.05, 4.69) is 10.6 Å². The zero-order valence-electron chi connectivity index (χ0n) is 16.2. The first kappa shape index (κ1) is 21.1. The van der Waals surface area contributed by atoms with E-state index in [9.17, 15) is 19.2 Å². The Hall–Kier alpha value is -3.16. The topological polar surface area (TPSA) is 115 Å². The molecular weight excluding hydrogens is 364 g/mol. The van der Waals surface area contributed by atoms with Crippen LogP contribution in [0.1, 0.15) is 42.6 Å². The van der Waals surface area contributed by atoms with E-state index in [-0.39, 0.29) is 30.9 Å². The molecule has 0 radical (unpaired) electrons. The van der Waals surface area contributed by atoms with E-state index in [1.165, 1.54) is 6.07 Å². The first-order chi connectivity index (χ1) is 13.3. The number of rotatable bonds is 8. The maximum atomic E-state index is 12.6. The van der Waals surface area contributed by atoms with E-state index in [1.807, 2.05) is 6.92 Å². The van der Waals surface area contributed by atoms with Crippen molar-refractivity contribution in [3.05, 3.63) is 45.8 Å². The highest BCUT2D eigenvalue weighted by Crippen LogP contribution is 2.15. The van der Waals surface area contributed by atoms with E-state index in [0.29, 0.717) is 17.5 Å². The molecule has 1 atom stereocenters. The summed E-state index contributed by atoms with van der Waals surface area (Å²) < 4.78 is 10.2. The summed E-state index contributed by atoms with van der Waals surface area (Å²) in [5, 5.41) is 5.70. The van der Waals surface area contributed by atoms with Gasteiger partial charge in [0, 0.05) is 18.4 Å². The summed E-state index contributed by atoms with van der Waals surface area (Å²) in [6.45, 7) is 5.89. The van der Waals surface area contributed by atoms with Crippen molar-refractivity contribution < 1.29 is 23.5 Å². The fourth-order valence-corrected chi connectivity index (χ4v) is 2.69. The number of esters is 1. The van der Waals surface area contributed by atoms with Crippen LogP contribution in [0.4, 0.5) is 0 Å². The van der Waals surface area contributed by atoms with Gasteiger partial charge < -0.3 is 19.8 Å². The minimum Gasteiger partial charge on any atom is -0.464 e. The van der Waals surface area contributed by atoms with Crippen LogP contribution in [0.15, 0.2) is 33.5 Å². The van der Waals surface area contributed by atoms with Crippen LogP contribution in [0.5, 0.6) is 0 Å². The van der Waals surface area contributed by atoms with Crippen molar-refractivity contribution in [2.75, 3.05) is 13.2 Å². The Morgan fingerprint density at radius 3 is 2.61 bits per heavy atom. The molecule has 0 aliphatic carbocycles. The van der Waals surface area contributed by atoms with E-state index in [1.54, 1.807) is 32.0 Å². The molecule has 1 aromatic heterocycles. The van der Waals surface area contributed by atoms with Crippen LogP contribution in [0.3, 0.4) is 0 Å². The van der Waals surface area contributed by atoms with Crippen LogP contribution >= 0.6 is 0 Å². The van der Waals surface area contributed by atoms with Crippen LogP contribution in [0, 0.1) is 6.92 Å². The number of carbonyl (C=O) groups is 3. The van der Waals surface area contributed by atoms with Crippen LogP contribution < -0.4 is 16.3 Å². The third-order valence-electron chi connectivity index (χ3n) is 4.04. The SMILES string of the molecule is CCNC(=O)CC[C@H](NC(=O)c1cc2cc(C)ccc2oc1=O)C(=O)OCC. The fraction of sp³-hybridized carbons (Fsp3) is 0.400. The number of carbonyl (C=O) groups excluding carboxylic acids is 3. The van der Waals surface area contributed by atoms with E-state index >= 15 is 0 Å². The smallest absolute Gasteiger partial charge is 0.349 e. The molecule has 0 aliphatic rings. The summed E-state index contributed by atoms with van der Waals surface area (Å²) in [5.74, 6) is -1.67. The van der Waals surface area contributed by atoms with E-state index < -0.39 is 23.5 Å². The largest absolute Gasteiger partial charge is 0.464 e. The number of benzene rings is 1. The molecule has 0 bridgehead atoms. The summed E-state index contributed by atoms with van der Waals surface area (Å²) in [7, 11) is 0. The van der Waals surface area contributed by atoms with E-state index in [0.717, 1.165) is 5.56 Å². The summed E-state index contributed by atoms with van der Waals surface area (Å²) in [6.07, 6.45) is 0.0809. The van der Waals surface area contributed by atoms with Crippen molar-refractivity contribution in [3.8, 4) is 0 Å². The average molecular weight is 388 g/mol. The lowest BCUT2D eigenvalue weighted by Gasteiger charge is -2.17. The van der Waals surface area contributed by atoms with Crippen LogP contribution in [-0.4, -0.2) is 37.0 Å². The van der Waals surface area contributed by atoms with Gasteiger partial charge in [-0.25, -0.2) is 9.59 Å². The van der Waals surface area contributed by atoms with Crippen molar-refractivity contribution in [2.45, 2.75) is 39.7 Å². The Balaban J connectivity index is 2.22. The van der Waals surface area contributed by atoms with Gasteiger partial charge in [-0.2, -0.15) is 0 Å². The molecular formula is C20H24N2O6. The van der Waals surface area contributed by atoms with Gasteiger partial charge in [-0.3, -0.25) is 9.59 Å². The molecule has 0 aliphatic heterocycles. The summed E-state index contributed by atoms with van der Waals surface area (Å²) in [5.41, 5.74) is 0.287. The van der Waals surface area contributed by atoms with Crippen LogP contribution in [0.25, 0.3) is 11.0 Å². The second-order valence-electron chi connectivity index (χ2n) is 6.26.